The number of hydrogen-bond acceptors (Lipinski definition) is 3. The van der Waals surface area contributed by atoms with Crippen molar-refractivity contribution in [1.29, 1.82) is 0 Å². The molecule has 18 heavy (non-hydrogen) atoms. The first kappa shape index (κ1) is 13.0. The Labute approximate surface area is 107 Å². The van der Waals surface area contributed by atoms with Crippen LogP contribution >= 0.6 is 11.3 Å². The van der Waals surface area contributed by atoms with Gasteiger partial charge in [0, 0.05) is 11.3 Å². The van der Waals surface area contributed by atoms with E-state index >= 15 is 0 Å². The quantitative estimate of drug-likeness (QED) is 0.899. The van der Waals surface area contributed by atoms with Crippen LogP contribution in [-0.2, 0) is 6.42 Å². The molecule has 1 aromatic heterocycles. The summed E-state index contributed by atoms with van der Waals surface area (Å²) in [6.07, 6.45) is -0.114. The molecule has 0 aliphatic heterocycles. The van der Waals surface area contributed by atoms with E-state index < -0.39 is 12.7 Å². The van der Waals surface area contributed by atoms with Crippen molar-refractivity contribution in [2.75, 3.05) is 0 Å². The van der Waals surface area contributed by atoms with Gasteiger partial charge in [-0.05, 0) is 29.1 Å². The molecule has 0 amide bonds. The van der Waals surface area contributed by atoms with Crippen LogP contribution in [-0.4, -0.2) is 11.7 Å². The van der Waals surface area contributed by atoms with Crippen molar-refractivity contribution in [2.45, 2.75) is 19.1 Å². The predicted molar refractivity (Wildman–Crippen MR) is 66.1 cm³/mol. The summed E-state index contributed by atoms with van der Waals surface area (Å²) in [6.45, 7) is -2.83. The van der Waals surface area contributed by atoms with E-state index in [1.54, 1.807) is 23.5 Å². The molecule has 1 aromatic carbocycles. The van der Waals surface area contributed by atoms with Crippen LogP contribution < -0.4 is 4.74 Å². The number of halogens is 2. The summed E-state index contributed by atoms with van der Waals surface area (Å²) >= 11 is 1.57. The van der Waals surface area contributed by atoms with Crippen LogP contribution in [0.25, 0.3) is 0 Å². The first-order valence-corrected chi connectivity index (χ1v) is 6.28. The molecule has 0 saturated heterocycles. The minimum Gasteiger partial charge on any atom is -0.435 e. The van der Waals surface area contributed by atoms with Crippen molar-refractivity contribution < 1.29 is 18.6 Å². The van der Waals surface area contributed by atoms with Gasteiger partial charge in [0.05, 0.1) is 6.10 Å². The number of hydrogen-bond donors (Lipinski definition) is 1. The molecular formula is C13H12F2O2S. The molecule has 0 saturated carbocycles. The third-order valence-corrected chi connectivity index (χ3v) is 3.36. The summed E-state index contributed by atoms with van der Waals surface area (Å²) in [5, 5.41) is 11.9. The van der Waals surface area contributed by atoms with Gasteiger partial charge in [-0.15, -0.1) is 11.3 Å². The van der Waals surface area contributed by atoms with Crippen LogP contribution in [0.5, 0.6) is 5.75 Å². The molecule has 0 spiro atoms. The zero-order valence-corrected chi connectivity index (χ0v) is 10.2. The molecule has 5 heteroatoms. The molecule has 1 heterocycles. The summed E-state index contributed by atoms with van der Waals surface area (Å²) in [6, 6.07) is 9.92. The van der Waals surface area contributed by atoms with E-state index in [1.165, 1.54) is 12.1 Å². The van der Waals surface area contributed by atoms with E-state index in [0.717, 1.165) is 4.88 Å². The fourth-order valence-electron chi connectivity index (χ4n) is 1.61. The van der Waals surface area contributed by atoms with E-state index in [4.69, 9.17) is 0 Å². The number of aliphatic hydroxyl groups excluding tert-OH is 1. The minimum atomic E-state index is -2.83. The van der Waals surface area contributed by atoms with Crippen LogP contribution in [0.4, 0.5) is 8.78 Å². The van der Waals surface area contributed by atoms with E-state index in [2.05, 4.69) is 4.74 Å². The topological polar surface area (TPSA) is 29.5 Å². The normalized spacial score (nSPS) is 12.7. The zero-order chi connectivity index (χ0) is 13.0. The molecule has 0 bridgehead atoms. The number of ether oxygens (including phenoxy) is 1. The number of alkyl halides is 2. The highest BCUT2D eigenvalue weighted by molar-refractivity contribution is 7.09. The van der Waals surface area contributed by atoms with Gasteiger partial charge >= 0.3 is 6.61 Å². The Bertz CT molecular complexity index is 468. The molecule has 0 fully saturated rings. The summed E-state index contributed by atoms with van der Waals surface area (Å²) in [7, 11) is 0. The van der Waals surface area contributed by atoms with Gasteiger partial charge in [-0.2, -0.15) is 8.78 Å². The highest BCUT2D eigenvalue weighted by Gasteiger charge is 2.10. The second-order valence-electron chi connectivity index (χ2n) is 3.75. The van der Waals surface area contributed by atoms with Crippen molar-refractivity contribution in [3.05, 3.63) is 52.2 Å². The maximum Gasteiger partial charge on any atom is 0.387 e. The minimum absolute atomic E-state index is 0.0945. The molecule has 2 aromatic rings. The summed E-state index contributed by atoms with van der Waals surface area (Å²) < 4.78 is 28.2. The fraction of sp³-hybridized carbons (Fsp3) is 0.231. The average Bonchev–Trinajstić information content (AvgIpc) is 2.82. The molecular weight excluding hydrogens is 258 g/mol. The van der Waals surface area contributed by atoms with Gasteiger partial charge in [0.25, 0.3) is 0 Å². The van der Waals surface area contributed by atoms with E-state index in [1.807, 2.05) is 17.5 Å². The van der Waals surface area contributed by atoms with Gasteiger partial charge in [-0.1, -0.05) is 18.2 Å². The van der Waals surface area contributed by atoms with Crippen molar-refractivity contribution >= 4 is 11.3 Å². The molecule has 96 valence electrons. The van der Waals surface area contributed by atoms with Crippen LogP contribution in [0, 0.1) is 0 Å². The van der Waals surface area contributed by atoms with Crippen molar-refractivity contribution in [3.8, 4) is 5.75 Å². The molecule has 0 aliphatic carbocycles. The summed E-state index contributed by atoms with van der Waals surface area (Å²) in [4.78, 5) is 1.08. The number of rotatable bonds is 5. The van der Waals surface area contributed by atoms with Gasteiger partial charge in [-0.3, -0.25) is 0 Å². The first-order valence-electron chi connectivity index (χ1n) is 5.40. The highest BCUT2D eigenvalue weighted by Crippen LogP contribution is 2.23. The van der Waals surface area contributed by atoms with E-state index in [-0.39, 0.29) is 5.75 Å². The van der Waals surface area contributed by atoms with Crippen molar-refractivity contribution in [2.24, 2.45) is 0 Å². The Balaban J connectivity index is 2.00. The van der Waals surface area contributed by atoms with Gasteiger partial charge in [0.1, 0.15) is 5.75 Å². The third kappa shape index (κ3) is 3.51. The maximum absolute atomic E-state index is 12.0. The van der Waals surface area contributed by atoms with E-state index in [0.29, 0.717) is 12.0 Å². The monoisotopic (exact) mass is 270 g/mol. The lowest BCUT2D eigenvalue weighted by atomic mass is 10.1. The lowest BCUT2D eigenvalue weighted by molar-refractivity contribution is -0.0498. The summed E-state index contributed by atoms with van der Waals surface area (Å²) in [5.41, 5.74) is 0.685. The molecule has 0 aliphatic rings. The Morgan fingerprint density at radius 2 is 1.89 bits per heavy atom. The molecule has 1 N–H and O–H groups in total. The Hall–Kier alpha value is -1.46. The Morgan fingerprint density at radius 1 is 1.17 bits per heavy atom. The number of benzene rings is 1. The first-order chi connectivity index (χ1) is 8.65. The van der Waals surface area contributed by atoms with E-state index in [9.17, 15) is 13.9 Å². The Morgan fingerprint density at radius 3 is 2.44 bits per heavy atom. The molecule has 2 rings (SSSR count). The molecule has 0 radical (unpaired) electrons. The smallest absolute Gasteiger partial charge is 0.387 e. The average molecular weight is 270 g/mol. The van der Waals surface area contributed by atoms with Crippen LogP contribution in [0.3, 0.4) is 0 Å². The van der Waals surface area contributed by atoms with Crippen molar-refractivity contribution in [1.82, 2.24) is 0 Å². The lowest BCUT2D eigenvalue weighted by Crippen LogP contribution is -2.03. The largest absolute Gasteiger partial charge is 0.435 e. The van der Waals surface area contributed by atoms with Crippen molar-refractivity contribution in [3.63, 3.8) is 0 Å². The van der Waals surface area contributed by atoms with Gasteiger partial charge in [0.15, 0.2) is 0 Å². The van der Waals surface area contributed by atoms with Gasteiger partial charge in [0.2, 0.25) is 0 Å². The van der Waals surface area contributed by atoms with Crippen LogP contribution in [0.2, 0.25) is 0 Å². The van der Waals surface area contributed by atoms with Gasteiger partial charge < -0.3 is 9.84 Å². The third-order valence-electron chi connectivity index (χ3n) is 2.46. The van der Waals surface area contributed by atoms with Gasteiger partial charge in [-0.25, -0.2) is 0 Å². The van der Waals surface area contributed by atoms with Crippen LogP contribution in [0.15, 0.2) is 41.8 Å². The predicted octanol–water partition coefficient (Wildman–Crippen LogP) is 3.63. The Kier molecular flexibility index (Phi) is 4.28. The van der Waals surface area contributed by atoms with Crippen LogP contribution in [0.1, 0.15) is 16.5 Å². The lowest BCUT2D eigenvalue weighted by Gasteiger charge is -2.11. The second kappa shape index (κ2) is 5.93. The maximum atomic E-state index is 12.0. The number of thiophene rings is 1. The molecule has 1 atom stereocenters. The zero-order valence-electron chi connectivity index (χ0n) is 9.42. The standard InChI is InChI=1S/C13H12F2O2S/c14-13(15)17-10-5-3-9(4-6-10)12(16)8-11-2-1-7-18-11/h1-7,12-13,16H,8H2. The fourth-order valence-corrected chi connectivity index (χ4v) is 2.35. The SMILES string of the molecule is OC(Cc1cccs1)c1ccc(OC(F)F)cc1. The second-order valence-corrected chi connectivity index (χ2v) is 4.78. The molecule has 2 nitrogen and oxygen atoms in total. The summed E-state index contributed by atoms with van der Waals surface area (Å²) in [5.74, 6) is 0.0945. The molecule has 1 unspecified atom stereocenters. The number of aliphatic hydroxyl groups is 1. The highest BCUT2D eigenvalue weighted by atomic mass is 32.1.